The highest BCUT2D eigenvalue weighted by molar-refractivity contribution is 6.03. The zero-order valence-corrected chi connectivity index (χ0v) is 19.9. The largest absolute Gasteiger partial charge is 0.354 e. The van der Waals surface area contributed by atoms with Gasteiger partial charge in [-0.15, -0.1) is 0 Å². The van der Waals surface area contributed by atoms with Gasteiger partial charge in [-0.25, -0.2) is 4.39 Å². The Hall–Kier alpha value is -4.71. The van der Waals surface area contributed by atoms with E-state index in [1.165, 1.54) is 12.1 Å². The first kappa shape index (κ1) is 22.7. The summed E-state index contributed by atoms with van der Waals surface area (Å²) in [4.78, 5) is 31.9. The van der Waals surface area contributed by atoms with Gasteiger partial charge in [0.15, 0.2) is 0 Å². The number of carbonyl (C=O) groups excluding carboxylic acids is 2. The van der Waals surface area contributed by atoms with Crippen molar-refractivity contribution >= 4 is 22.7 Å². The highest BCUT2D eigenvalue weighted by atomic mass is 19.1. The summed E-state index contributed by atoms with van der Waals surface area (Å²) in [5, 5.41) is 3.89. The smallest absolute Gasteiger partial charge is 0.255 e. The Bertz CT molecular complexity index is 1610. The molecule has 1 unspecified atom stereocenters. The molecule has 1 aromatic heterocycles. The molecule has 1 aliphatic rings. The maximum Gasteiger partial charge on any atom is 0.255 e. The average Bonchev–Trinajstić information content (AvgIpc) is 3.44. The highest BCUT2D eigenvalue weighted by Crippen LogP contribution is 2.45. The molecule has 5 nitrogen and oxygen atoms in total. The van der Waals surface area contributed by atoms with Gasteiger partial charge in [0.05, 0.1) is 11.7 Å². The number of aromatic nitrogens is 1. The van der Waals surface area contributed by atoms with E-state index in [1.54, 1.807) is 17.0 Å². The molecule has 0 saturated carbocycles. The van der Waals surface area contributed by atoms with Gasteiger partial charge in [-0.1, -0.05) is 78.9 Å². The third kappa shape index (κ3) is 4.16. The van der Waals surface area contributed by atoms with Crippen LogP contribution in [0.4, 0.5) is 4.39 Å². The maximum atomic E-state index is 13.6. The lowest BCUT2D eigenvalue weighted by molar-refractivity contribution is -0.122. The summed E-state index contributed by atoms with van der Waals surface area (Å²) in [6, 6.07) is 31.1. The number of nitrogens with zero attached hydrogens (tertiary/aromatic N) is 1. The van der Waals surface area contributed by atoms with Crippen LogP contribution in [0.3, 0.4) is 0 Å². The molecule has 6 rings (SSSR count). The summed E-state index contributed by atoms with van der Waals surface area (Å²) < 4.78 is 13.2. The molecule has 37 heavy (non-hydrogen) atoms. The fraction of sp³-hybridized carbons (Fsp3) is 0.0968. The minimum atomic E-state index is -0.438. The quantitative estimate of drug-likeness (QED) is 0.315. The fourth-order valence-corrected chi connectivity index (χ4v) is 5.14. The Morgan fingerprint density at radius 3 is 2.38 bits per heavy atom. The summed E-state index contributed by atoms with van der Waals surface area (Å²) in [6.07, 6.45) is 0. The van der Waals surface area contributed by atoms with Crippen LogP contribution in [-0.4, -0.2) is 28.2 Å². The Morgan fingerprint density at radius 2 is 1.57 bits per heavy atom. The molecule has 0 spiro atoms. The summed E-state index contributed by atoms with van der Waals surface area (Å²) in [5.74, 6) is -0.787. The van der Waals surface area contributed by atoms with E-state index >= 15 is 0 Å². The lowest BCUT2D eigenvalue weighted by atomic mass is 9.93. The molecule has 0 saturated heterocycles. The van der Waals surface area contributed by atoms with Crippen molar-refractivity contribution in [2.75, 3.05) is 6.54 Å². The molecule has 0 bridgehead atoms. The van der Waals surface area contributed by atoms with E-state index in [0.29, 0.717) is 5.56 Å². The van der Waals surface area contributed by atoms with Gasteiger partial charge in [-0.2, -0.15) is 0 Å². The number of fused-ring (bicyclic) bond motifs is 2. The molecule has 2 heterocycles. The van der Waals surface area contributed by atoms with Crippen molar-refractivity contribution in [3.05, 3.63) is 131 Å². The van der Waals surface area contributed by atoms with Crippen LogP contribution in [0, 0.1) is 5.82 Å². The number of nitrogens with one attached hydrogen (secondary N) is 2. The molecular formula is C31H24FN3O2. The molecule has 0 fully saturated rings. The molecule has 0 radical (unpaired) electrons. The number of rotatable bonds is 6. The van der Waals surface area contributed by atoms with Crippen LogP contribution in [0.2, 0.25) is 0 Å². The molecule has 1 atom stereocenters. The van der Waals surface area contributed by atoms with Crippen LogP contribution < -0.4 is 5.32 Å². The van der Waals surface area contributed by atoms with Gasteiger partial charge in [0, 0.05) is 28.6 Å². The first-order valence-electron chi connectivity index (χ1n) is 12.2. The van der Waals surface area contributed by atoms with E-state index < -0.39 is 6.04 Å². The topological polar surface area (TPSA) is 65.2 Å². The number of halogens is 1. The van der Waals surface area contributed by atoms with Crippen LogP contribution in [0.25, 0.3) is 22.2 Å². The second kappa shape index (κ2) is 9.39. The fourth-order valence-electron chi connectivity index (χ4n) is 5.14. The number of carbonyl (C=O) groups is 2. The Morgan fingerprint density at radius 1 is 0.865 bits per heavy atom. The number of benzene rings is 4. The van der Waals surface area contributed by atoms with Gasteiger partial charge < -0.3 is 15.2 Å². The van der Waals surface area contributed by atoms with Crippen LogP contribution in [-0.2, 0) is 11.3 Å². The van der Waals surface area contributed by atoms with E-state index in [1.807, 2.05) is 78.9 Å². The number of hydrogen-bond donors (Lipinski definition) is 2. The molecule has 2 N–H and O–H groups in total. The van der Waals surface area contributed by atoms with E-state index in [9.17, 15) is 14.0 Å². The van der Waals surface area contributed by atoms with Crippen LogP contribution in [0.5, 0.6) is 0 Å². The monoisotopic (exact) mass is 489 g/mol. The lowest BCUT2D eigenvalue weighted by Gasteiger charge is -2.26. The van der Waals surface area contributed by atoms with E-state index in [0.717, 1.165) is 38.9 Å². The molecule has 4 aromatic carbocycles. The van der Waals surface area contributed by atoms with Crippen LogP contribution in [0.15, 0.2) is 103 Å². The number of para-hydroxylation sites is 1. The van der Waals surface area contributed by atoms with Crippen LogP contribution in [0.1, 0.15) is 33.1 Å². The Balaban J connectivity index is 1.40. The summed E-state index contributed by atoms with van der Waals surface area (Å²) in [7, 11) is 0. The van der Waals surface area contributed by atoms with Gasteiger partial charge in [-0.05, 0) is 41.0 Å². The molecule has 2 amide bonds. The molecule has 0 aliphatic carbocycles. The van der Waals surface area contributed by atoms with Gasteiger partial charge in [0.2, 0.25) is 5.91 Å². The van der Waals surface area contributed by atoms with Crippen molar-refractivity contribution in [2.24, 2.45) is 0 Å². The standard InChI is InChI=1S/C31H24FN3O2/c32-22-16-14-20(15-17-22)18-33-27(36)19-35-30(23-10-4-5-11-24(23)31(35)37)28-25-12-6-7-13-26(25)34-29(28)21-8-2-1-3-9-21/h1-17,30,34H,18-19H2,(H,33,36). The summed E-state index contributed by atoms with van der Waals surface area (Å²) in [5.41, 5.74) is 6.12. The second-order valence-electron chi connectivity index (χ2n) is 9.15. The van der Waals surface area contributed by atoms with E-state index in [-0.39, 0.29) is 30.7 Å². The Kier molecular flexibility index (Phi) is 5.77. The minimum Gasteiger partial charge on any atom is -0.354 e. The van der Waals surface area contributed by atoms with Crippen molar-refractivity contribution in [3.63, 3.8) is 0 Å². The van der Waals surface area contributed by atoms with Gasteiger partial charge in [0.25, 0.3) is 5.91 Å². The summed E-state index contributed by atoms with van der Waals surface area (Å²) >= 11 is 0. The van der Waals surface area contributed by atoms with Gasteiger partial charge in [0.1, 0.15) is 12.4 Å². The normalized spacial score (nSPS) is 14.7. The molecule has 1 aliphatic heterocycles. The minimum absolute atomic E-state index is 0.104. The SMILES string of the molecule is O=C(CN1C(=O)c2ccccc2C1c1c(-c2ccccc2)[nH]c2ccccc12)NCc1ccc(F)cc1. The van der Waals surface area contributed by atoms with Crippen molar-refractivity contribution < 1.29 is 14.0 Å². The Labute approximate surface area is 213 Å². The van der Waals surface area contributed by atoms with E-state index in [4.69, 9.17) is 0 Å². The van der Waals surface area contributed by atoms with Crippen molar-refractivity contribution in [1.82, 2.24) is 15.2 Å². The molecule has 5 aromatic rings. The average molecular weight is 490 g/mol. The first-order chi connectivity index (χ1) is 18.1. The predicted octanol–water partition coefficient (Wildman–Crippen LogP) is 5.84. The molecular weight excluding hydrogens is 465 g/mol. The highest BCUT2D eigenvalue weighted by Gasteiger charge is 2.40. The number of H-pyrrole nitrogens is 1. The van der Waals surface area contributed by atoms with Crippen molar-refractivity contribution in [3.8, 4) is 11.3 Å². The zero-order valence-electron chi connectivity index (χ0n) is 19.9. The lowest BCUT2D eigenvalue weighted by Crippen LogP contribution is -2.39. The number of aromatic amines is 1. The van der Waals surface area contributed by atoms with Crippen molar-refractivity contribution in [1.29, 1.82) is 0 Å². The van der Waals surface area contributed by atoms with Crippen LogP contribution >= 0.6 is 0 Å². The van der Waals surface area contributed by atoms with Gasteiger partial charge >= 0.3 is 0 Å². The number of amides is 2. The summed E-state index contributed by atoms with van der Waals surface area (Å²) in [6.45, 7) is 0.147. The van der Waals surface area contributed by atoms with Crippen molar-refractivity contribution in [2.45, 2.75) is 12.6 Å². The molecule has 182 valence electrons. The second-order valence-corrected chi connectivity index (χ2v) is 9.15. The maximum absolute atomic E-state index is 13.6. The zero-order chi connectivity index (χ0) is 25.4. The van der Waals surface area contributed by atoms with Gasteiger partial charge in [-0.3, -0.25) is 9.59 Å². The first-order valence-corrected chi connectivity index (χ1v) is 12.2. The third-order valence-electron chi connectivity index (χ3n) is 6.86. The number of hydrogen-bond acceptors (Lipinski definition) is 2. The molecule has 6 heteroatoms. The van der Waals surface area contributed by atoms with E-state index in [2.05, 4.69) is 10.3 Å². The third-order valence-corrected chi connectivity index (χ3v) is 6.86. The predicted molar refractivity (Wildman–Crippen MR) is 141 cm³/mol.